The van der Waals surface area contributed by atoms with Crippen molar-refractivity contribution < 1.29 is 0 Å². The molecular formula is C53H35N3. The zero-order valence-corrected chi connectivity index (χ0v) is 30.5. The van der Waals surface area contributed by atoms with Crippen LogP contribution in [-0.2, 0) is 0 Å². The largest absolute Gasteiger partial charge is 0.248 e. The van der Waals surface area contributed by atoms with Crippen LogP contribution in [0.2, 0.25) is 0 Å². The van der Waals surface area contributed by atoms with Crippen LogP contribution < -0.4 is 0 Å². The average Bonchev–Trinajstić information content (AvgIpc) is 3.29. The van der Waals surface area contributed by atoms with Gasteiger partial charge in [0.15, 0.2) is 5.82 Å². The van der Waals surface area contributed by atoms with Crippen molar-refractivity contribution in [1.82, 2.24) is 15.0 Å². The molecule has 3 heteroatoms. The van der Waals surface area contributed by atoms with Gasteiger partial charge in [-0.3, -0.25) is 0 Å². The van der Waals surface area contributed by atoms with E-state index < -0.39 is 0 Å². The lowest BCUT2D eigenvalue weighted by Crippen LogP contribution is -1.96. The summed E-state index contributed by atoms with van der Waals surface area (Å²) in [6.45, 7) is 0. The summed E-state index contributed by atoms with van der Waals surface area (Å²) in [7, 11) is 0. The van der Waals surface area contributed by atoms with Gasteiger partial charge in [0, 0.05) is 27.6 Å². The van der Waals surface area contributed by atoms with Crippen molar-refractivity contribution in [1.29, 1.82) is 0 Å². The first-order valence-electron chi connectivity index (χ1n) is 18.9. The van der Waals surface area contributed by atoms with Gasteiger partial charge in [0.2, 0.25) is 0 Å². The van der Waals surface area contributed by atoms with Gasteiger partial charge in [-0.15, -0.1) is 0 Å². The Morgan fingerprint density at radius 1 is 0.268 bits per heavy atom. The first-order valence-corrected chi connectivity index (χ1v) is 18.9. The van der Waals surface area contributed by atoms with E-state index in [0.29, 0.717) is 5.82 Å². The maximum Gasteiger partial charge on any atom is 0.160 e. The summed E-state index contributed by atoms with van der Waals surface area (Å²) in [5, 5.41) is 3.61. The van der Waals surface area contributed by atoms with Crippen molar-refractivity contribution in [3.05, 3.63) is 212 Å². The Bertz CT molecular complexity index is 2960. The molecule has 0 amide bonds. The summed E-state index contributed by atoms with van der Waals surface area (Å²) in [6, 6.07) is 74.5. The highest BCUT2D eigenvalue weighted by molar-refractivity contribution is 6.13. The highest BCUT2D eigenvalue weighted by atomic mass is 14.9. The second-order valence-electron chi connectivity index (χ2n) is 14.0. The first kappa shape index (κ1) is 33.1. The van der Waals surface area contributed by atoms with Gasteiger partial charge in [-0.05, 0) is 62.4 Å². The zero-order chi connectivity index (χ0) is 37.3. The topological polar surface area (TPSA) is 38.7 Å². The third kappa shape index (κ3) is 6.42. The monoisotopic (exact) mass is 713 g/mol. The van der Waals surface area contributed by atoms with Crippen molar-refractivity contribution in [3.63, 3.8) is 0 Å². The van der Waals surface area contributed by atoms with Gasteiger partial charge in [-0.2, -0.15) is 0 Å². The summed E-state index contributed by atoms with van der Waals surface area (Å²) in [6.07, 6.45) is 0. The molecule has 8 aromatic carbocycles. The van der Waals surface area contributed by atoms with Crippen LogP contribution in [0.3, 0.4) is 0 Å². The maximum atomic E-state index is 5.19. The van der Waals surface area contributed by atoms with E-state index in [4.69, 9.17) is 15.0 Å². The van der Waals surface area contributed by atoms with Crippen molar-refractivity contribution in [2.45, 2.75) is 0 Å². The molecule has 0 saturated heterocycles. The Balaban J connectivity index is 0.974. The van der Waals surface area contributed by atoms with E-state index in [1.807, 2.05) is 24.3 Å². The molecule has 0 aliphatic rings. The van der Waals surface area contributed by atoms with Crippen LogP contribution in [0.4, 0.5) is 0 Å². The predicted molar refractivity (Wildman–Crippen MR) is 233 cm³/mol. The second kappa shape index (κ2) is 14.4. The fraction of sp³-hybridized carbons (Fsp3) is 0. The molecule has 0 atom stereocenters. The molecule has 2 heterocycles. The van der Waals surface area contributed by atoms with Crippen molar-refractivity contribution in [2.24, 2.45) is 0 Å². The number of fused-ring (bicyclic) bond motifs is 3. The van der Waals surface area contributed by atoms with Gasteiger partial charge in [0.25, 0.3) is 0 Å². The summed E-state index contributed by atoms with van der Waals surface area (Å²) in [5.74, 6) is 0.704. The SMILES string of the molecule is c1ccc(-c2ccc(-c3cc(-c4ccc(-c5ccc(-c6cc(-c7ccccc7)c7c(ccc8ccccc87)n6)cc5)cc4)nc(-c4ccccc4)n3)cc2)cc1. The number of nitrogens with zero attached hydrogens (tertiary/aromatic N) is 3. The Kier molecular flexibility index (Phi) is 8.51. The molecule has 10 aromatic rings. The summed E-state index contributed by atoms with van der Waals surface area (Å²) >= 11 is 0. The molecule has 56 heavy (non-hydrogen) atoms. The molecule has 0 aliphatic heterocycles. The van der Waals surface area contributed by atoms with Crippen LogP contribution in [0.1, 0.15) is 0 Å². The third-order valence-electron chi connectivity index (χ3n) is 10.5. The quantitative estimate of drug-likeness (QED) is 0.154. The third-order valence-corrected chi connectivity index (χ3v) is 10.5. The fourth-order valence-corrected chi connectivity index (χ4v) is 7.59. The van der Waals surface area contributed by atoms with Gasteiger partial charge in [0.05, 0.1) is 22.6 Å². The van der Waals surface area contributed by atoms with E-state index >= 15 is 0 Å². The van der Waals surface area contributed by atoms with Gasteiger partial charge in [0.1, 0.15) is 0 Å². The van der Waals surface area contributed by atoms with Crippen molar-refractivity contribution in [3.8, 4) is 78.5 Å². The minimum absolute atomic E-state index is 0.704. The number of hydrogen-bond acceptors (Lipinski definition) is 3. The highest BCUT2D eigenvalue weighted by Crippen LogP contribution is 2.37. The smallest absolute Gasteiger partial charge is 0.160 e. The molecule has 2 aromatic heterocycles. The molecule has 262 valence electrons. The normalized spacial score (nSPS) is 11.2. The minimum Gasteiger partial charge on any atom is -0.248 e. The van der Waals surface area contributed by atoms with E-state index in [1.165, 1.54) is 38.4 Å². The lowest BCUT2D eigenvalue weighted by molar-refractivity contribution is 1.18. The van der Waals surface area contributed by atoms with Crippen LogP contribution >= 0.6 is 0 Å². The van der Waals surface area contributed by atoms with Gasteiger partial charge >= 0.3 is 0 Å². The Morgan fingerprint density at radius 3 is 1.21 bits per heavy atom. The van der Waals surface area contributed by atoms with E-state index in [9.17, 15) is 0 Å². The lowest BCUT2D eigenvalue weighted by atomic mass is 9.94. The molecule has 0 radical (unpaired) electrons. The van der Waals surface area contributed by atoms with Crippen molar-refractivity contribution >= 4 is 21.7 Å². The van der Waals surface area contributed by atoms with Crippen LogP contribution in [-0.4, -0.2) is 15.0 Å². The molecule has 3 nitrogen and oxygen atoms in total. The molecule has 10 rings (SSSR count). The Labute approximate surface area is 326 Å². The van der Waals surface area contributed by atoms with E-state index in [0.717, 1.165) is 56.0 Å². The Hall–Kier alpha value is -7.49. The molecule has 0 fully saturated rings. The van der Waals surface area contributed by atoms with Gasteiger partial charge < -0.3 is 0 Å². The van der Waals surface area contributed by atoms with E-state index in [1.54, 1.807) is 0 Å². The molecule has 0 aliphatic carbocycles. The second-order valence-corrected chi connectivity index (χ2v) is 14.0. The van der Waals surface area contributed by atoms with Crippen molar-refractivity contribution in [2.75, 3.05) is 0 Å². The summed E-state index contributed by atoms with van der Waals surface area (Å²) in [5.41, 5.74) is 14.9. The van der Waals surface area contributed by atoms with E-state index in [-0.39, 0.29) is 0 Å². The standard InChI is InChI=1S/C53H35N3/c1-4-12-36(13-5-1)37-20-28-43(29-21-37)50-35-51(56-53(55-50)45-17-8-3-9-18-45)44-30-24-39(25-31-44)38-22-26-42(27-23-38)49-34-47(40-14-6-2-7-15-40)52-46-19-11-10-16-41(46)32-33-48(52)54-49/h1-35H. The average molecular weight is 714 g/mol. The molecule has 0 unspecified atom stereocenters. The zero-order valence-electron chi connectivity index (χ0n) is 30.5. The Morgan fingerprint density at radius 2 is 0.679 bits per heavy atom. The molecule has 0 N–H and O–H groups in total. The number of pyridine rings is 1. The molecular weight excluding hydrogens is 679 g/mol. The number of aromatic nitrogens is 3. The fourth-order valence-electron chi connectivity index (χ4n) is 7.59. The maximum absolute atomic E-state index is 5.19. The van der Waals surface area contributed by atoms with Crippen LogP contribution in [0.5, 0.6) is 0 Å². The van der Waals surface area contributed by atoms with E-state index in [2.05, 4.69) is 188 Å². The minimum atomic E-state index is 0.704. The van der Waals surface area contributed by atoms with Gasteiger partial charge in [-0.1, -0.05) is 194 Å². The van der Waals surface area contributed by atoms with Crippen LogP contribution in [0.25, 0.3) is 100 Å². The van der Waals surface area contributed by atoms with Gasteiger partial charge in [-0.25, -0.2) is 15.0 Å². The molecule has 0 bridgehead atoms. The summed E-state index contributed by atoms with van der Waals surface area (Å²) in [4.78, 5) is 15.3. The highest BCUT2D eigenvalue weighted by Gasteiger charge is 2.14. The number of rotatable bonds is 7. The predicted octanol–water partition coefficient (Wildman–Crippen LogP) is 13.8. The summed E-state index contributed by atoms with van der Waals surface area (Å²) < 4.78 is 0. The first-order chi connectivity index (χ1) is 27.7. The van der Waals surface area contributed by atoms with Crippen LogP contribution in [0, 0.1) is 0 Å². The van der Waals surface area contributed by atoms with Crippen LogP contribution in [0.15, 0.2) is 212 Å². The molecule has 0 spiro atoms. The lowest BCUT2D eigenvalue weighted by Gasteiger charge is -2.13. The molecule has 0 saturated carbocycles. The number of hydrogen-bond donors (Lipinski definition) is 0. The number of benzene rings is 8.